The van der Waals surface area contributed by atoms with Crippen molar-refractivity contribution in [3.05, 3.63) is 0 Å². The van der Waals surface area contributed by atoms with Crippen LogP contribution in [0.2, 0.25) is 0 Å². The third-order valence-corrected chi connectivity index (χ3v) is 14.5. The summed E-state index contributed by atoms with van der Waals surface area (Å²) in [6, 6.07) is 0. The number of hydrogen-bond donors (Lipinski definition) is 1. The second kappa shape index (κ2) is 3.83. The Bertz CT molecular complexity index is 789. The molecule has 1 heteroatoms. The molecule has 14 atom stereocenters. The van der Waals surface area contributed by atoms with Crippen molar-refractivity contribution in [2.75, 3.05) is 0 Å². The Balaban J connectivity index is 1.01. The van der Waals surface area contributed by atoms with Gasteiger partial charge < -0.3 is 5.73 Å². The predicted octanol–water partition coefficient (Wildman–Crippen LogP) is 5.24. The minimum atomic E-state index is 0.251. The SMILES string of the molecule is CC12C3CC(C4CC5CC6C(C5C4)C45CC47CCCC7C65)C1CCC2(N)C3. The van der Waals surface area contributed by atoms with Crippen LogP contribution in [0, 0.1) is 75.4 Å². The highest BCUT2D eigenvalue weighted by atomic mass is 15.0. The number of nitrogens with two attached hydrogens (primary N) is 1. The highest BCUT2D eigenvalue weighted by Gasteiger charge is 2.94. The van der Waals surface area contributed by atoms with Crippen molar-refractivity contribution >= 4 is 0 Å². The van der Waals surface area contributed by atoms with E-state index in [9.17, 15) is 0 Å². The third kappa shape index (κ3) is 1.15. The van der Waals surface area contributed by atoms with E-state index < -0.39 is 0 Å². The zero-order valence-corrected chi connectivity index (χ0v) is 17.1. The lowest BCUT2D eigenvalue weighted by Crippen LogP contribution is -2.64. The van der Waals surface area contributed by atoms with Gasteiger partial charge in [0.05, 0.1) is 0 Å². The molecular weight excluding hydrogens is 326 g/mol. The summed E-state index contributed by atoms with van der Waals surface area (Å²) in [4.78, 5) is 0. The van der Waals surface area contributed by atoms with Crippen molar-refractivity contribution in [3.63, 3.8) is 0 Å². The monoisotopic (exact) mass is 363 g/mol. The number of fused-ring (bicyclic) bond motifs is 5. The maximum Gasteiger partial charge on any atom is 0.0217 e. The molecule has 0 radical (unpaired) electrons. The lowest BCUT2D eigenvalue weighted by molar-refractivity contribution is -0.196. The first kappa shape index (κ1) is 14.9. The molecule has 14 unspecified atom stereocenters. The standard InChI is InChI=1S/C26H37N/c1-23-15-10-16(19(23)4-6-25(23,27)11-15)13-7-14-9-18-21(17(14)8-13)26-12-24(26)5-2-3-20(24)22(18)26/h13-22H,2-12,27H2,1H3. The van der Waals surface area contributed by atoms with Crippen molar-refractivity contribution in [2.45, 2.75) is 83.1 Å². The summed E-state index contributed by atoms with van der Waals surface area (Å²) in [6.45, 7) is 2.61. The van der Waals surface area contributed by atoms with Crippen molar-refractivity contribution in [1.29, 1.82) is 0 Å². The molecule has 2 spiro atoms. The van der Waals surface area contributed by atoms with Gasteiger partial charge in [0, 0.05) is 5.54 Å². The first-order valence-electron chi connectivity index (χ1n) is 12.8. The van der Waals surface area contributed by atoms with Gasteiger partial charge in [-0.3, -0.25) is 0 Å². The Kier molecular flexibility index (Phi) is 2.11. The lowest BCUT2D eigenvalue weighted by atomic mass is 9.38. The molecule has 9 aliphatic rings. The van der Waals surface area contributed by atoms with E-state index in [2.05, 4.69) is 6.92 Å². The fraction of sp³-hybridized carbons (Fsp3) is 1.00. The maximum atomic E-state index is 6.88. The zero-order valence-electron chi connectivity index (χ0n) is 17.1. The molecule has 9 saturated carbocycles. The fourth-order valence-electron chi connectivity index (χ4n) is 14.0. The minimum Gasteiger partial charge on any atom is -0.325 e. The van der Waals surface area contributed by atoms with Gasteiger partial charge in [0.1, 0.15) is 0 Å². The Labute approximate surface area is 164 Å². The molecule has 9 aliphatic carbocycles. The molecular formula is C26H37N. The summed E-state index contributed by atoms with van der Waals surface area (Å²) < 4.78 is 0. The molecule has 0 bridgehead atoms. The number of hydrogen-bond acceptors (Lipinski definition) is 1. The van der Waals surface area contributed by atoms with Crippen molar-refractivity contribution in [3.8, 4) is 0 Å². The van der Waals surface area contributed by atoms with Crippen LogP contribution in [0.4, 0.5) is 0 Å². The minimum absolute atomic E-state index is 0.251. The average Bonchev–Trinajstić information content (AvgIpc) is 3.02. The van der Waals surface area contributed by atoms with Gasteiger partial charge in [0.25, 0.3) is 0 Å². The highest BCUT2D eigenvalue weighted by molar-refractivity contribution is 5.42. The van der Waals surface area contributed by atoms with E-state index >= 15 is 0 Å². The van der Waals surface area contributed by atoms with Gasteiger partial charge in [-0.05, 0) is 140 Å². The zero-order chi connectivity index (χ0) is 17.6. The summed E-state index contributed by atoms with van der Waals surface area (Å²) >= 11 is 0. The van der Waals surface area contributed by atoms with Gasteiger partial charge in [-0.25, -0.2) is 0 Å². The van der Waals surface area contributed by atoms with Gasteiger partial charge in [0.2, 0.25) is 0 Å². The van der Waals surface area contributed by atoms with Gasteiger partial charge >= 0.3 is 0 Å². The van der Waals surface area contributed by atoms with Crippen molar-refractivity contribution < 1.29 is 0 Å². The summed E-state index contributed by atoms with van der Waals surface area (Å²) in [5, 5.41) is 0. The second-order valence-electron chi connectivity index (χ2n) is 13.9. The molecule has 146 valence electrons. The molecule has 0 aliphatic heterocycles. The van der Waals surface area contributed by atoms with Crippen LogP contribution in [0.1, 0.15) is 77.6 Å². The van der Waals surface area contributed by atoms with E-state index in [4.69, 9.17) is 5.73 Å². The number of rotatable bonds is 1. The quantitative estimate of drug-likeness (QED) is 0.677. The van der Waals surface area contributed by atoms with Gasteiger partial charge in [-0.1, -0.05) is 13.3 Å². The van der Waals surface area contributed by atoms with Gasteiger partial charge in [0.15, 0.2) is 0 Å². The van der Waals surface area contributed by atoms with E-state index in [0.29, 0.717) is 5.41 Å². The first-order valence-corrected chi connectivity index (χ1v) is 12.8. The van der Waals surface area contributed by atoms with Crippen LogP contribution in [-0.4, -0.2) is 5.54 Å². The van der Waals surface area contributed by atoms with Crippen LogP contribution in [0.15, 0.2) is 0 Å². The van der Waals surface area contributed by atoms with Gasteiger partial charge in [-0.2, -0.15) is 0 Å². The first-order chi connectivity index (χ1) is 13.0. The van der Waals surface area contributed by atoms with Crippen LogP contribution in [0.5, 0.6) is 0 Å². The fourth-order valence-corrected chi connectivity index (χ4v) is 14.0. The maximum absolute atomic E-state index is 6.88. The Morgan fingerprint density at radius 3 is 2.59 bits per heavy atom. The van der Waals surface area contributed by atoms with E-state index in [1.165, 1.54) is 48.9 Å². The van der Waals surface area contributed by atoms with Crippen LogP contribution in [0.3, 0.4) is 0 Å². The van der Waals surface area contributed by atoms with Crippen molar-refractivity contribution in [1.82, 2.24) is 0 Å². The van der Waals surface area contributed by atoms with Crippen LogP contribution >= 0.6 is 0 Å². The molecule has 0 aromatic carbocycles. The van der Waals surface area contributed by atoms with E-state index in [1.807, 2.05) is 0 Å². The highest BCUT2D eigenvalue weighted by Crippen LogP contribution is 3.00. The summed E-state index contributed by atoms with van der Waals surface area (Å²) in [5.41, 5.74) is 9.57. The normalized spacial score (nSPS) is 78.4. The predicted molar refractivity (Wildman–Crippen MR) is 106 cm³/mol. The molecule has 0 amide bonds. The smallest absolute Gasteiger partial charge is 0.0217 e. The van der Waals surface area contributed by atoms with E-state index in [0.717, 1.165) is 40.4 Å². The van der Waals surface area contributed by atoms with Crippen LogP contribution in [0.25, 0.3) is 0 Å². The molecule has 1 nitrogen and oxygen atoms in total. The lowest BCUT2D eigenvalue weighted by Gasteiger charge is -2.66. The third-order valence-electron chi connectivity index (χ3n) is 14.5. The molecule has 27 heavy (non-hydrogen) atoms. The summed E-state index contributed by atoms with van der Waals surface area (Å²) in [5.74, 6) is 11.4. The molecule has 0 aromatic heterocycles. The Morgan fingerprint density at radius 1 is 0.815 bits per heavy atom. The molecule has 2 N–H and O–H groups in total. The van der Waals surface area contributed by atoms with Gasteiger partial charge in [-0.15, -0.1) is 0 Å². The Hall–Kier alpha value is -0.0400. The molecule has 0 heterocycles. The van der Waals surface area contributed by atoms with E-state index in [-0.39, 0.29) is 5.54 Å². The molecule has 0 aromatic rings. The van der Waals surface area contributed by atoms with Crippen LogP contribution < -0.4 is 5.73 Å². The topological polar surface area (TPSA) is 26.0 Å². The summed E-state index contributed by atoms with van der Waals surface area (Å²) in [6.07, 6.45) is 17.3. The van der Waals surface area contributed by atoms with Crippen LogP contribution in [-0.2, 0) is 0 Å². The van der Waals surface area contributed by atoms with E-state index in [1.54, 1.807) is 51.4 Å². The second-order valence-corrected chi connectivity index (χ2v) is 13.9. The molecule has 0 saturated heterocycles. The van der Waals surface area contributed by atoms with Crippen molar-refractivity contribution in [2.24, 2.45) is 81.2 Å². The Morgan fingerprint density at radius 2 is 1.67 bits per heavy atom. The molecule has 9 rings (SSSR count). The summed E-state index contributed by atoms with van der Waals surface area (Å²) in [7, 11) is 0. The largest absolute Gasteiger partial charge is 0.325 e. The molecule has 9 fully saturated rings. The average molecular weight is 364 g/mol.